The van der Waals surface area contributed by atoms with Crippen molar-refractivity contribution in [3.8, 4) is 0 Å². The molecule has 0 fully saturated rings. The summed E-state index contributed by atoms with van der Waals surface area (Å²) in [5, 5.41) is 36.0. The normalized spacial score (nSPS) is 19.1. The predicted octanol–water partition coefficient (Wildman–Crippen LogP) is -2.44. The minimum Gasteiger partial charge on any atom is -0.391 e. The second-order valence-corrected chi connectivity index (χ2v) is 3.09. The van der Waals surface area contributed by atoms with Crippen LogP contribution in [0.25, 0.3) is 0 Å². The van der Waals surface area contributed by atoms with Crippen LogP contribution in [0.15, 0.2) is 0 Å². The molecule has 0 aromatic heterocycles. The Bertz CT molecular complexity index is 241. The molecule has 0 aliphatic heterocycles. The first kappa shape index (κ1) is 14.1. The third-order valence-electron chi connectivity index (χ3n) is 1.83. The van der Waals surface area contributed by atoms with Crippen LogP contribution in [0.5, 0.6) is 0 Å². The largest absolute Gasteiger partial charge is 0.391 e. The lowest BCUT2D eigenvalue weighted by atomic mass is 9.99. The molecule has 0 bridgehead atoms. The maximum Gasteiger partial charge on any atom is 0.232 e. The van der Waals surface area contributed by atoms with Crippen LogP contribution in [0, 0.1) is 0 Å². The summed E-state index contributed by atoms with van der Waals surface area (Å²) >= 11 is 0. The van der Waals surface area contributed by atoms with Gasteiger partial charge >= 0.3 is 0 Å². The molecular weight excluding hydrogens is 211 g/mol. The third-order valence-corrected chi connectivity index (χ3v) is 1.83. The van der Waals surface area contributed by atoms with Crippen molar-refractivity contribution in [3.05, 3.63) is 0 Å². The van der Waals surface area contributed by atoms with Crippen molar-refractivity contribution in [3.63, 3.8) is 0 Å². The molecule has 88 valence electrons. The Morgan fingerprint density at radius 2 is 1.60 bits per heavy atom. The minimum atomic E-state index is -2.24. The fourth-order valence-electron chi connectivity index (χ4n) is 0.858. The molecule has 0 aliphatic rings. The number of hydrogen-bond donors (Lipinski definition) is 4. The van der Waals surface area contributed by atoms with Gasteiger partial charge in [-0.1, -0.05) is 0 Å². The molecule has 4 atom stereocenters. The Labute approximate surface area is 85.0 Å². The van der Waals surface area contributed by atoms with E-state index in [1.165, 1.54) is 0 Å². The lowest BCUT2D eigenvalue weighted by molar-refractivity contribution is -0.152. The first-order valence-electron chi connectivity index (χ1n) is 4.18. The van der Waals surface area contributed by atoms with E-state index in [0.717, 1.165) is 6.92 Å². The number of Topliss-reactive ketones (excluding diaryl/α,β-unsaturated/α-hetero) is 2. The Morgan fingerprint density at radius 3 is 1.93 bits per heavy atom. The van der Waals surface area contributed by atoms with Gasteiger partial charge in [-0.15, -0.1) is 0 Å². The van der Waals surface area contributed by atoms with Gasteiger partial charge in [-0.3, -0.25) is 9.59 Å². The van der Waals surface area contributed by atoms with Crippen molar-refractivity contribution in [2.24, 2.45) is 0 Å². The van der Waals surface area contributed by atoms with E-state index in [1.807, 2.05) is 0 Å². The molecule has 0 aromatic rings. The van der Waals surface area contributed by atoms with Crippen molar-refractivity contribution < 1.29 is 34.4 Å². The molecule has 0 saturated heterocycles. The summed E-state index contributed by atoms with van der Waals surface area (Å²) in [6.45, 7) is -0.477. The Morgan fingerprint density at radius 1 is 1.13 bits per heavy atom. The molecule has 6 nitrogen and oxygen atoms in total. The number of hydrogen-bond acceptors (Lipinski definition) is 6. The number of alkyl halides is 1. The third kappa shape index (κ3) is 3.63. The van der Waals surface area contributed by atoms with E-state index in [0.29, 0.717) is 0 Å². The molecule has 0 spiro atoms. The summed E-state index contributed by atoms with van der Waals surface area (Å²) in [5.41, 5.74) is 0. The molecule has 0 amide bonds. The number of aliphatic hydroxyl groups is 4. The number of rotatable bonds is 6. The molecule has 15 heavy (non-hydrogen) atoms. The summed E-state index contributed by atoms with van der Waals surface area (Å²) in [5.74, 6) is -3.04. The highest BCUT2D eigenvalue weighted by Gasteiger charge is 2.35. The van der Waals surface area contributed by atoms with E-state index in [4.69, 9.17) is 20.4 Å². The summed E-state index contributed by atoms with van der Waals surface area (Å²) in [7, 11) is 0. The minimum absolute atomic E-state index is 1.11. The second kappa shape index (κ2) is 5.86. The fourth-order valence-corrected chi connectivity index (χ4v) is 0.858. The van der Waals surface area contributed by atoms with Crippen LogP contribution in [-0.4, -0.2) is 63.1 Å². The molecule has 0 unspecified atom stereocenters. The molecule has 7 heteroatoms. The van der Waals surface area contributed by atoms with Crippen LogP contribution in [0.2, 0.25) is 0 Å². The van der Waals surface area contributed by atoms with E-state index in [2.05, 4.69) is 0 Å². The van der Waals surface area contributed by atoms with Gasteiger partial charge in [-0.25, -0.2) is 4.39 Å². The summed E-state index contributed by atoms with van der Waals surface area (Å²) in [6, 6.07) is 0. The average Bonchev–Trinajstić information content (AvgIpc) is 2.23. The molecule has 0 rings (SSSR count). The molecule has 0 radical (unpaired) electrons. The smallest absolute Gasteiger partial charge is 0.232 e. The zero-order valence-electron chi connectivity index (χ0n) is 8.00. The monoisotopic (exact) mass is 224 g/mol. The van der Waals surface area contributed by atoms with Gasteiger partial charge in [0.05, 0.1) is 6.10 Å². The molecular formula is C8H13FO6. The van der Waals surface area contributed by atoms with Crippen molar-refractivity contribution in [2.45, 2.75) is 31.3 Å². The summed E-state index contributed by atoms with van der Waals surface area (Å²) < 4.78 is 11.7. The van der Waals surface area contributed by atoms with E-state index in [-0.39, 0.29) is 0 Å². The van der Waals surface area contributed by atoms with Crippen LogP contribution < -0.4 is 0 Å². The zero-order chi connectivity index (χ0) is 12.2. The van der Waals surface area contributed by atoms with Crippen molar-refractivity contribution in [1.29, 1.82) is 0 Å². The first-order chi connectivity index (χ1) is 6.82. The quantitative estimate of drug-likeness (QED) is 0.372. The predicted molar refractivity (Wildman–Crippen MR) is 45.7 cm³/mol. The number of ketones is 2. The summed E-state index contributed by atoms with van der Waals surface area (Å²) in [6.07, 6.45) is -7.47. The van der Waals surface area contributed by atoms with Crippen molar-refractivity contribution >= 4 is 11.6 Å². The highest BCUT2D eigenvalue weighted by Crippen LogP contribution is 2.06. The van der Waals surface area contributed by atoms with Crippen LogP contribution >= 0.6 is 0 Å². The Hall–Kier alpha value is -0.890. The van der Waals surface area contributed by atoms with Gasteiger partial charge in [0.15, 0.2) is 6.67 Å². The second-order valence-electron chi connectivity index (χ2n) is 3.09. The SMILES string of the molecule is C[C@@H](O)[C@H](O)[C@H](O)[C@@H](O)C(=O)C(=O)CF. The van der Waals surface area contributed by atoms with Gasteiger partial charge in [0.1, 0.15) is 18.3 Å². The average molecular weight is 224 g/mol. The van der Waals surface area contributed by atoms with E-state index in [9.17, 15) is 14.0 Å². The van der Waals surface area contributed by atoms with Crippen molar-refractivity contribution in [1.82, 2.24) is 0 Å². The van der Waals surface area contributed by atoms with Crippen LogP contribution in [0.1, 0.15) is 6.92 Å². The molecule has 0 saturated carbocycles. The van der Waals surface area contributed by atoms with Gasteiger partial charge < -0.3 is 20.4 Å². The Balaban J connectivity index is 4.50. The number of carbonyl (C=O) groups excluding carboxylic acids is 2. The zero-order valence-corrected chi connectivity index (χ0v) is 8.00. The molecule has 4 N–H and O–H groups in total. The standard InChI is InChI=1S/C8H13FO6/c1-3(10)5(12)7(14)8(15)6(13)4(11)2-9/h3,5,7-8,10,12,14-15H,2H2,1H3/t3-,5+,7+,8+/m1/s1. The maximum atomic E-state index is 11.7. The Kier molecular flexibility index (Phi) is 5.51. The summed E-state index contributed by atoms with van der Waals surface area (Å²) in [4.78, 5) is 21.4. The topological polar surface area (TPSA) is 115 Å². The van der Waals surface area contributed by atoms with Gasteiger partial charge in [-0.2, -0.15) is 0 Å². The van der Waals surface area contributed by atoms with Gasteiger partial charge in [0, 0.05) is 0 Å². The van der Waals surface area contributed by atoms with Crippen LogP contribution in [-0.2, 0) is 9.59 Å². The molecule has 0 heterocycles. The number of carbonyl (C=O) groups is 2. The van der Waals surface area contributed by atoms with Crippen molar-refractivity contribution in [2.75, 3.05) is 6.67 Å². The van der Waals surface area contributed by atoms with Gasteiger partial charge in [-0.05, 0) is 6.92 Å². The lowest BCUT2D eigenvalue weighted by Gasteiger charge is -2.23. The lowest BCUT2D eigenvalue weighted by Crippen LogP contribution is -2.48. The molecule has 0 aromatic carbocycles. The van der Waals surface area contributed by atoms with E-state index in [1.54, 1.807) is 0 Å². The van der Waals surface area contributed by atoms with Gasteiger partial charge in [0.25, 0.3) is 0 Å². The van der Waals surface area contributed by atoms with E-state index >= 15 is 0 Å². The molecule has 0 aliphatic carbocycles. The number of aliphatic hydroxyl groups excluding tert-OH is 4. The fraction of sp³-hybridized carbons (Fsp3) is 0.750. The highest BCUT2D eigenvalue weighted by atomic mass is 19.1. The van der Waals surface area contributed by atoms with Gasteiger partial charge in [0.2, 0.25) is 11.6 Å². The van der Waals surface area contributed by atoms with Crippen LogP contribution in [0.4, 0.5) is 4.39 Å². The number of halogens is 1. The first-order valence-corrected chi connectivity index (χ1v) is 4.18. The maximum absolute atomic E-state index is 11.7. The van der Waals surface area contributed by atoms with Crippen LogP contribution in [0.3, 0.4) is 0 Å². The highest BCUT2D eigenvalue weighted by molar-refractivity contribution is 6.39. The van der Waals surface area contributed by atoms with E-state index < -0.39 is 42.7 Å².